The lowest BCUT2D eigenvalue weighted by atomic mass is 10.2. The molecule has 94 valence electrons. The van der Waals surface area contributed by atoms with E-state index in [0.29, 0.717) is 13.0 Å². The molecular formula is C13H18O4. The molecule has 4 heteroatoms. The van der Waals surface area contributed by atoms with Crippen LogP contribution >= 0.6 is 0 Å². The minimum absolute atomic E-state index is 0.0124. The summed E-state index contributed by atoms with van der Waals surface area (Å²) in [5.74, 6) is -0.313. The Morgan fingerprint density at radius 3 is 2.65 bits per heavy atom. The zero-order valence-corrected chi connectivity index (χ0v) is 9.96. The van der Waals surface area contributed by atoms with Gasteiger partial charge in [0.2, 0.25) is 0 Å². The molecule has 4 nitrogen and oxygen atoms in total. The Balaban J connectivity index is 2.12. The Kier molecular flexibility index (Phi) is 6.29. The molecule has 0 aromatic heterocycles. The summed E-state index contributed by atoms with van der Waals surface area (Å²) >= 11 is 0. The SMILES string of the molecule is CCC(=O)OCC(O)COCc1ccccc1. The van der Waals surface area contributed by atoms with Crippen LogP contribution in [0.15, 0.2) is 30.3 Å². The first kappa shape index (κ1) is 13.7. The second-order valence-corrected chi connectivity index (χ2v) is 3.69. The molecule has 0 aliphatic rings. The zero-order valence-electron chi connectivity index (χ0n) is 9.96. The summed E-state index contributed by atoms with van der Waals surface area (Å²) in [5.41, 5.74) is 1.05. The van der Waals surface area contributed by atoms with Crippen molar-refractivity contribution in [3.05, 3.63) is 35.9 Å². The van der Waals surface area contributed by atoms with Crippen LogP contribution in [-0.4, -0.2) is 30.4 Å². The Bertz CT molecular complexity index is 323. The van der Waals surface area contributed by atoms with Crippen molar-refractivity contribution in [2.24, 2.45) is 0 Å². The first-order chi connectivity index (χ1) is 8.22. The number of aliphatic hydroxyl groups is 1. The number of rotatable bonds is 7. The van der Waals surface area contributed by atoms with Gasteiger partial charge in [0.15, 0.2) is 0 Å². The van der Waals surface area contributed by atoms with Gasteiger partial charge in [-0.3, -0.25) is 4.79 Å². The molecule has 1 unspecified atom stereocenters. The topological polar surface area (TPSA) is 55.8 Å². The lowest BCUT2D eigenvalue weighted by Gasteiger charge is -2.11. The summed E-state index contributed by atoms with van der Waals surface area (Å²) in [4.78, 5) is 10.8. The number of carbonyl (C=O) groups is 1. The Morgan fingerprint density at radius 2 is 2.00 bits per heavy atom. The van der Waals surface area contributed by atoms with Gasteiger partial charge in [-0.2, -0.15) is 0 Å². The van der Waals surface area contributed by atoms with Gasteiger partial charge in [-0.25, -0.2) is 0 Å². The van der Waals surface area contributed by atoms with Gasteiger partial charge >= 0.3 is 5.97 Å². The minimum atomic E-state index is -0.769. The third kappa shape index (κ3) is 6.04. The summed E-state index contributed by atoms with van der Waals surface area (Å²) < 4.78 is 10.1. The first-order valence-corrected chi connectivity index (χ1v) is 5.67. The largest absolute Gasteiger partial charge is 0.463 e. The van der Waals surface area contributed by atoms with Crippen LogP contribution in [-0.2, 0) is 20.9 Å². The summed E-state index contributed by atoms with van der Waals surface area (Å²) in [6.45, 7) is 2.30. The molecule has 1 aromatic carbocycles. The molecule has 0 saturated heterocycles. The lowest BCUT2D eigenvalue weighted by molar-refractivity contribution is -0.147. The molecule has 0 radical (unpaired) electrons. The molecule has 1 rings (SSSR count). The highest BCUT2D eigenvalue weighted by Crippen LogP contribution is 2.01. The molecule has 0 bridgehead atoms. The van der Waals surface area contributed by atoms with Crippen molar-refractivity contribution in [3.8, 4) is 0 Å². The number of carbonyl (C=O) groups excluding carboxylic acids is 1. The van der Waals surface area contributed by atoms with Crippen molar-refractivity contribution in [1.29, 1.82) is 0 Å². The van der Waals surface area contributed by atoms with Gasteiger partial charge in [0.1, 0.15) is 12.7 Å². The van der Waals surface area contributed by atoms with E-state index in [4.69, 9.17) is 9.47 Å². The van der Waals surface area contributed by atoms with Crippen molar-refractivity contribution in [3.63, 3.8) is 0 Å². The van der Waals surface area contributed by atoms with Crippen LogP contribution < -0.4 is 0 Å². The second-order valence-electron chi connectivity index (χ2n) is 3.69. The van der Waals surface area contributed by atoms with Crippen LogP contribution in [0.2, 0.25) is 0 Å². The maximum Gasteiger partial charge on any atom is 0.305 e. The van der Waals surface area contributed by atoms with Crippen LogP contribution in [0.3, 0.4) is 0 Å². The molecule has 1 aromatic rings. The van der Waals surface area contributed by atoms with E-state index < -0.39 is 6.10 Å². The fourth-order valence-corrected chi connectivity index (χ4v) is 1.23. The molecule has 1 atom stereocenters. The average molecular weight is 238 g/mol. The highest BCUT2D eigenvalue weighted by atomic mass is 16.5. The van der Waals surface area contributed by atoms with Crippen molar-refractivity contribution in [2.45, 2.75) is 26.1 Å². The Labute approximate surface area is 101 Å². The van der Waals surface area contributed by atoms with Gasteiger partial charge in [0, 0.05) is 6.42 Å². The van der Waals surface area contributed by atoms with Crippen LogP contribution in [0.1, 0.15) is 18.9 Å². The highest BCUT2D eigenvalue weighted by Gasteiger charge is 2.07. The van der Waals surface area contributed by atoms with E-state index >= 15 is 0 Å². The van der Waals surface area contributed by atoms with E-state index in [1.807, 2.05) is 30.3 Å². The van der Waals surface area contributed by atoms with E-state index in [1.54, 1.807) is 6.92 Å². The maximum atomic E-state index is 10.8. The first-order valence-electron chi connectivity index (χ1n) is 5.67. The van der Waals surface area contributed by atoms with Gasteiger partial charge in [-0.1, -0.05) is 37.3 Å². The van der Waals surface area contributed by atoms with E-state index in [0.717, 1.165) is 5.56 Å². The quantitative estimate of drug-likeness (QED) is 0.732. The number of aliphatic hydroxyl groups excluding tert-OH is 1. The summed E-state index contributed by atoms with van der Waals surface area (Å²) in [5, 5.41) is 9.47. The monoisotopic (exact) mass is 238 g/mol. The predicted molar refractivity (Wildman–Crippen MR) is 63.4 cm³/mol. The third-order valence-electron chi connectivity index (χ3n) is 2.15. The standard InChI is InChI=1S/C13H18O4/c1-2-13(15)17-10-12(14)9-16-8-11-6-4-3-5-7-11/h3-7,12,14H,2,8-10H2,1H3. The lowest BCUT2D eigenvalue weighted by Crippen LogP contribution is -2.23. The highest BCUT2D eigenvalue weighted by molar-refractivity contribution is 5.68. The number of hydrogen-bond donors (Lipinski definition) is 1. The van der Waals surface area contributed by atoms with Gasteiger partial charge in [-0.05, 0) is 5.56 Å². The molecule has 0 spiro atoms. The summed E-state index contributed by atoms with van der Waals surface area (Å²) in [6.07, 6.45) is -0.452. The smallest absolute Gasteiger partial charge is 0.305 e. The maximum absolute atomic E-state index is 10.8. The average Bonchev–Trinajstić information content (AvgIpc) is 2.37. The fourth-order valence-electron chi connectivity index (χ4n) is 1.23. The van der Waals surface area contributed by atoms with Crippen LogP contribution in [0, 0.1) is 0 Å². The van der Waals surface area contributed by atoms with Crippen molar-refractivity contribution < 1.29 is 19.4 Å². The van der Waals surface area contributed by atoms with E-state index in [1.165, 1.54) is 0 Å². The molecule has 1 N–H and O–H groups in total. The van der Waals surface area contributed by atoms with Gasteiger partial charge < -0.3 is 14.6 Å². The molecule has 17 heavy (non-hydrogen) atoms. The van der Waals surface area contributed by atoms with Gasteiger partial charge in [0.25, 0.3) is 0 Å². The Hall–Kier alpha value is -1.39. The fraction of sp³-hybridized carbons (Fsp3) is 0.462. The number of esters is 1. The summed E-state index contributed by atoms with van der Waals surface area (Å²) in [7, 11) is 0. The van der Waals surface area contributed by atoms with Crippen LogP contribution in [0.4, 0.5) is 0 Å². The molecule has 0 aliphatic carbocycles. The Morgan fingerprint density at radius 1 is 1.29 bits per heavy atom. The normalized spacial score (nSPS) is 12.1. The van der Waals surface area contributed by atoms with E-state index in [-0.39, 0.29) is 19.2 Å². The zero-order chi connectivity index (χ0) is 12.5. The number of hydrogen-bond acceptors (Lipinski definition) is 4. The van der Waals surface area contributed by atoms with E-state index in [2.05, 4.69) is 0 Å². The van der Waals surface area contributed by atoms with Crippen LogP contribution in [0.5, 0.6) is 0 Å². The molecule has 0 saturated carbocycles. The number of benzene rings is 1. The van der Waals surface area contributed by atoms with Gasteiger partial charge in [-0.15, -0.1) is 0 Å². The van der Waals surface area contributed by atoms with Crippen LogP contribution in [0.25, 0.3) is 0 Å². The molecular weight excluding hydrogens is 220 g/mol. The number of ether oxygens (including phenoxy) is 2. The van der Waals surface area contributed by atoms with Crippen molar-refractivity contribution >= 4 is 5.97 Å². The molecule has 0 heterocycles. The predicted octanol–water partition coefficient (Wildman–Crippen LogP) is 1.52. The van der Waals surface area contributed by atoms with E-state index in [9.17, 15) is 9.90 Å². The molecule has 0 aliphatic heterocycles. The third-order valence-corrected chi connectivity index (χ3v) is 2.15. The van der Waals surface area contributed by atoms with Crippen molar-refractivity contribution in [1.82, 2.24) is 0 Å². The molecule has 0 fully saturated rings. The molecule has 0 amide bonds. The minimum Gasteiger partial charge on any atom is -0.463 e. The van der Waals surface area contributed by atoms with Gasteiger partial charge in [0.05, 0.1) is 13.2 Å². The van der Waals surface area contributed by atoms with Crippen molar-refractivity contribution in [2.75, 3.05) is 13.2 Å². The second kappa shape index (κ2) is 7.81. The summed E-state index contributed by atoms with van der Waals surface area (Å²) in [6, 6.07) is 9.69.